The second-order valence-corrected chi connectivity index (χ2v) is 7.40. The molecule has 2 aromatic carbocycles. The number of carbonyl (C=O) groups is 1. The first-order valence-electron chi connectivity index (χ1n) is 7.66. The predicted molar refractivity (Wildman–Crippen MR) is 91.3 cm³/mol. The van der Waals surface area contributed by atoms with E-state index in [1.165, 1.54) is 12.1 Å². The molecule has 0 spiro atoms. The molecule has 156 valence electrons. The predicted octanol–water partition coefficient (Wildman–Crippen LogP) is 2.29. The maximum absolute atomic E-state index is 13.8. The zero-order valence-electron chi connectivity index (χ0n) is 14.3. The van der Waals surface area contributed by atoms with Gasteiger partial charge in [-0.05, 0) is 17.7 Å². The van der Waals surface area contributed by atoms with E-state index in [4.69, 9.17) is 5.14 Å². The Kier molecular flexibility index (Phi) is 6.28. The lowest BCUT2D eigenvalue weighted by atomic mass is 10.0. The van der Waals surface area contributed by atoms with Crippen LogP contribution in [0.4, 0.5) is 22.0 Å². The van der Waals surface area contributed by atoms with Crippen molar-refractivity contribution in [2.45, 2.75) is 17.4 Å². The fraction of sp³-hybridized carbons (Fsp3) is 0.118. The van der Waals surface area contributed by atoms with Gasteiger partial charge in [-0.1, -0.05) is 18.7 Å². The summed E-state index contributed by atoms with van der Waals surface area (Å²) in [7, 11) is -3.97. The van der Waals surface area contributed by atoms with Crippen molar-refractivity contribution < 1.29 is 40.3 Å². The molecule has 0 fully saturated rings. The zero-order valence-corrected chi connectivity index (χ0v) is 15.2. The van der Waals surface area contributed by atoms with Gasteiger partial charge in [-0.2, -0.15) is 0 Å². The lowest BCUT2D eigenvalue weighted by Crippen LogP contribution is -2.38. The molecule has 2 aromatic rings. The van der Waals surface area contributed by atoms with E-state index in [-0.39, 0.29) is 16.2 Å². The van der Waals surface area contributed by atoms with E-state index in [0.717, 1.165) is 12.1 Å². The molecule has 0 radical (unpaired) electrons. The van der Waals surface area contributed by atoms with Crippen LogP contribution in [0.2, 0.25) is 0 Å². The third kappa shape index (κ3) is 4.71. The molecule has 0 bridgehead atoms. The summed E-state index contributed by atoms with van der Waals surface area (Å²) in [5.74, 6) is -12.7. The van der Waals surface area contributed by atoms with Crippen molar-refractivity contribution >= 4 is 21.7 Å². The van der Waals surface area contributed by atoms with Crippen molar-refractivity contribution in [1.82, 2.24) is 5.32 Å². The Hall–Kier alpha value is -2.99. The number of sulfonamides is 1. The van der Waals surface area contributed by atoms with E-state index in [1.54, 1.807) is 0 Å². The van der Waals surface area contributed by atoms with Gasteiger partial charge in [-0.25, -0.2) is 40.3 Å². The number of nitrogens with two attached hydrogens (primary N) is 1. The number of rotatable bonds is 7. The van der Waals surface area contributed by atoms with E-state index < -0.39 is 63.1 Å². The third-order valence-corrected chi connectivity index (χ3v) is 4.82. The van der Waals surface area contributed by atoms with Crippen molar-refractivity contribution in [3.63, 3.8) is 0 Å². The van der Waals surface area contributed by atoms with Crippen LogP contribution in [0.1, 0.15) is 11.1 Å². The smallest absolute Gasteiger partial charge is 0.326 e. The number of primary sulfonamides is 1. The summed E-state index contributed by atoms with van der Waals surface area (Å²) in [5, 5.41) is 16.5. The fourth-order valence-electron chi connectivity index (χ4n) is 2.37. The highest BCUT2D eigenvalue weighted by atomic mass is 32.2. The first kappa shape index (κ1) is 22.3. The number of hydrogen-bond acceptors (Lipinski definition) is 4. The quantitative estimate of drug-likeness (QED) is 0.351. The van der Waals surface area contributed by atoms with Crippen LogP contribution in [0.15, 0.2) is 35.7 Å². The summed E-state index contributed by atoms with van der Waals surface area (Å²) < 4.78 is 89.8. The molecule has 0 aromatic heterocycles. The van der Waals surface area contributed by atoms with Crippen LogP contribution in [0.25, 0.3) is 5.70 Å². The van der Waals surface area contributed by atoms with Crippen LogP contribution < -0.4 is 10.5 Å². The van der Waals surface area contributed by atoms with Crippen molar-refractivity contribution in [3.8, 4) is 0 Å². The van der Waals surface area contributed by atoms with Crippen molar-refractivity contribution in [3.05, 3.63) is 71.1 Å². The lowest BCUT2D eigenvalue weighted by molar-refractivity contribution is -0.139. The SMILES string of the molecule is C=C(N[C@H](Cc1c(F)c(F)c(F)c(F)c1F)C(=O)O)c1ccc(S(N)(=O)=O)cc1. The van der Waals surface area contributed by atoms with Gasteiger partial charge in [0.15, 0.2) is 23.3 Å². The first-order chi connectivity index (χ1) is 13.3. The normalized spacial score (nSPS) is 12.5. The average Bonchev–Trinajstić information content (AvgIpc) is 2.66. The molecule has 4 N–H and O–H groups in total. The molecule has 0 saturated carbocycles. The molecular formula is C17H13F5N2O4S. The van der Waals surface area contributed by atoms with Crippen LogP contribution in [0, 0.1) is 29.1 Å². The summed E-state index contributed by atoms with van der Waals surface area (Å²) in [6.45, 7) is 3.52. The highest BCUT2D eigenvalue weighted by molar-refractivity contribution is 7.89. The minimum Gasteiger partial charge on any atom is -0.480 e. The summed E-state index contributed by atoms with van der Waals surface area (Å²) in [4.78, 5) is 11.2. The van der Waals surface area contributed by atoms with Gasteiger partial charge in [-0.15, -0.1) is 0 Å². The van der Waals surface area contributed by atoms with Gasteiger partial charge in [0.05, 0.1) is 4.90 Å². The summed E-state index contributed by atoms with van der Waals surface area (Å²) >= 11 is 0. The highest BCUT2D eigenvalue weighted by Gasteiger charge is 2.29. The van der Waals surface area contributed by atoms with E-state index in [9.17, 15) is 40.3 Å². The minimum atomic E-state index is -3.97. The third-order valence-electron chi connectivity index (χ3n) is 3.89. The number of carboxylic acid groups (broad SMARTS) is 1. The molecule has 6 nitrogen and oxygen atoms in total. The van der Waals surface area contributed by atoms with E-state index in [0.29, 0.717) is 0 Å². The van der Waals surface area contributed by atoms with E-state index in [2.05, 4.69) is 11.9 Å². The van der Waals surface area contributed by atoms with Crippen LogP contribution in [0.3, 0.4) is 0 Å². The summed E-state index contributed by atoms with van der Waals surface area (Å²) in [6, 6.07) is 2.86. The number of halogens is 5. The molecule has 1 atom stereocenters. The topological polar surface area (TPSA) is 109 Å². The van der Waals surface area contributed by atoms with Gasteiger partial charge in [0.1, 0.15) is 6.04 Å². The Morgan fingerprint density at radius 3 is 1.86 bits per heavy atom. The molecule has 0 aliphatic rings. The fourth-order valence-corrected chi connectivity index (χ4v) is 2.89. The van der Waals surface area contributed by atoms with Crippen LogP contribution in [-0.4, -0.2) is 25.5 Å². The van der Waals surface area contributed by atoms with Crippen molar-refractivity contribution in [2.75, 3.05) is 0 Å². The molecule has 0 saturated heterocycles. The molecule has 2 rings (SSSR count). The summed E-state index contributed by atoms with van der Waals surface area (Å²) in [5.41, 5.74) is -1.22. The van der Waals surface area contributed by atoms with Gasteiger partial charge in [-0.3, -0.25) is 0 Å². The highest BCUT2D eigenvalue weighted by Crippen LogP contribution is 2.24. The van der Waals surface area contributed by atoms with Gasteiger partial charge in [0, 0.05) is 17.7 Å². The standard InChI is InChI=1S/C17H13F5N2O4S/c1-7(8-2-4-9(5-3-8)29(23,27)28)24-11(17(25)26)6-10-12(18)14(20)16(22)15(21)13(10)19/h2-5,11,24H,1,6H2,(H,25,26)(H2,23,27,28)/t11-/m1/s1. The molecule has 29 heavy (non-hydrogen) atoms. The second-order valence-electron chi connectivity index (χ2n) is 5.84. The monoisotopic (exact) mass is 436 g/mol. The minimum absolute atomic E-state index is 0.109. The molecule has 0 unspecified atom stereocenters. The Bertz CT molecular complexity index is 1060. The number of benzene rings is 2. The van der Waals surface area contributed by atoms with Gasteiger partial charge in [0.25, 0.3) is 0 Å². The maximum Gasteiger partial charge on any atom is 0.326 e. The first-order valence-corrected chi connectivity index (χ1v) is 9.21. The molecule has 0 aliphatic heterocycles. The molecule has 0 heterocycles. The van der Waals surface area contributed by atoms with Crippen LogP contribution in [-0.2, 0) is 21.2 Å². The molecule has 0 aliphatic carbocycles. The average molecular weight is 436 g/mol. The molecular weight excluding hydrogens is 423 g/mol. The van der Waals surface area contributed by atoms with Crippen LogP contribution in [0.5, 0.6) is 0 Å². The largest absolute Gasteiger partial charge is 0.480 e. The van der Waals surface area contributed by atoms with Crippen molar-refractivity contribution in [2.24, 2.45) is 5.14 Å². The Morgan fingerprint density at radius 2 is 1.45 bits per heavy atom. The second kappa shape index (κ2) is 8.17. The van der Waals surface area contributed by atoms with Gasteiger partial charge in [0.2, 0.25) is 15.8 Å². The number of carboxylic acids is 1. The number of hydrogen-bond donors (Lipinski definition) is 3. The Labute approximate surface area is 161 Å². The number of aliphatic carboxylic acids is 1. The zero-order chi connectivity index (χ0) is 22.1. The Morgan fingerprint density at radius 1 is 1.00 bits per heavy atom. The van der Waals surface area contributed by atoms with Crippen LogP contribution >= 0.6 is 0 Å². The Balaban J connectivity index is 2.30. The van der Waals surface area contributed by atoms with E-state index in [1.807, 2.05) is 0 Å². The summed E-state index contributed by atoms with van der Waals surface area (Å²) in [6.07, 6.45) is -1.09. The van der Waals surface area contributed by atoms with Gasteiger partial charge >= 0.3 is 5.97 Å². The lowest BCUT2D eigenvalue weighted by Gasteiger charge is -2.19. The molecule has 12 heteroatoms. The maximum atomic E-state index is 13.8. The number of nitrogens with one attached hydrogen (secondary N) is 1. The van der Waals surface area contributed by atoms with Crippen molar-refractivity contribution in [1.29, 1.82) is 0 Å². The van der Waals surface area contributed by atoms with Gasteiger partial charge < -0.3 is 10.4 Å². The van der Waals surface area contributed by atoms with E-state index >= 15 is 0 Å². The molecule has 0 amide bonds.